The van der Waals surface area contributed by atoms with E-state index in [9.17, 15) is 4.79 Å². The highest BCUT2D eigenvalue weighted by molar-refractivity contribution is 7.71. The zero-order chi connectivity index (χ0) is 32.0. The Balaban J connectivity index is 1.40. The Morgan fingerprint density at radius 3 is 2.54 bits per heavy atom. The third-order valence-electron chi connectivity index (χ3n) is 7.96. The van der Waals surface area contributed by atoms with Crippen LogP contribution in [0, 0.1) is 4.51 Å². The number of carbonyl (C=O) groups is 1. The average molecular weight is 666 g/mol. The molecule has 242 valence electrons. The van der Waals surface area contributed by atoms with Crippen molar-refractivity contribution >= 4 is 40.6 Å². The Hall–Kier alpha value is -3.71. The summed E-state index contributed by atoms with van der Waals surface area (Å²) in [6.45, 7) is 4.55. The monoisotopic (exact) mass is 665 g/mol. The summed E-state index contributed by atoms with van der Waals surface area (Å²) in [4.78, 5) is 16.0. The zero-order valence-corrected chi connectivity index (χ0v) is 27.3. The van der Waals surface area contributed by atoms with Gasteiger partial charge in [0.1, 0.15) is 11.9 Å². The van der Waals surface area contributed by atoms with Gasteiger partial charge in [0.05, 0.1) is 35.3 Å². The van der Waals surface area contributed by atoms with Crippen molar-refractivity contribution in [2.75, 3.05) is 54.1 Å². The molecule has 1 fully saturated rings. The lowest BCUT2D eigenvalue weighted by molar-refractivity contribution is 0.0299. The molecule has 1 unspecified atom stereocenters. The SMILES string of the molecule is COCOc1cccc(C2Cn3cc(C(=O)NCc4ccc(Cl)cc4)c(=S)c4cc(CN5CCOCC5)cc(c43)O2)c1OCOC. The number of para-hydroxylation sites is 1. The van der Waals surface area contributed by atoms with Gasteiger partial charge in [-0.3, -0.25) is 9.69 Å². The van der Waals surface area contributed by atoms with E-state index in [-0.39, 0.29) is 19.5 Å². The number of carbonyl (C=O) groups excluding carboxylic acids is 1. The van der Waals surface area contributed by atoms with Gasteiger partial charge in [0.15, 0.2) is 25.1 Å². The van der Waals surface area contributed by atoms with Gasteiger partial charge in [0.2, 0.25) is 0 Å². The number of rotatable bonds is 12. The maximum Gasteiger partial charge on any atom is 0.254 e. The highest BCUT2D eigenvalue weighted by Crippen LogP contribution is 2.43. The van der Waals surface area contributed by atoms with Gasteiger partial charge in [-0.05, 0) is 41.5 Å². The van der Waals surface area contributed by atoms with Gasteiger partial charge in [-0.15, -0.1) is 0 Å². The molecule has 2 aliphatic rings. The summed E-state index contributed by atoms with van der Waals surface area (Å²) in [5.74, 6) is 1.42. The predicted molar refractivity (Wildman–Crippen MR) is 176 cm³/mol. The van der Waals surface area contributed by atoms with Crippen LogP contribution in [0.4, 0.5) is 0 Å². The largest absolute Gasteiger partial charge is 0.481 e. The van der Waals surface area contributed by atoms with E-state index in [1.54, 1.807) is 26.4 Å². The number of nitrogens with zero attached hydrogens (tertiary/aromatic N) is 2. The van der Waals surface area contributed by atoms with Gasteiger partial charge in [0, 0.05) is 62.6 Å². The smallest absolute Gasteiger partial charge is 0.254 e. The van der Waals surface area contributed by atoms with Crippen molar-refractivity contribution in [3.8, 4) is 17.2 Å². The molecule has 1 aromatic heterocycles. The first-order chi connectivity index (χ1) is 22.4. The third kappa shape index (κ3) is 7.15. The lowest BCUT2D eigenvalue weighted by atomic mass is 10.0. The van der Waals surface area contributed by atoms with E-state index in [0.29, 0.717) is 65.2 Å². The second kappa shape index (κ2) is 14.8. The number of halogens is 1. The standard InChI is InChI=1S/C34H36ClN3O7S/c1-40-20-43-28-5-3-4-25(32(28)44-21-41-2)30-19-38-18-27(34(39)36-16-22-6-8-24(35)9-7-22)33(46)26-14-23(15-29(45-30)31(26)38)17-37-10-12-42-13-11-37/h3-9,14-15,18,30H,10-13,16-17,19-21H2,1-2H3,(H,36,39). The van der Waals surface area contributed by atoms with E-state index in [0.717, 1.165) is 40.7 Å². The number of morpholine rings is 1. The predicted octanol–water partition coefficient (Wildman–Crippen LogP) is 5.89. The van der Waals surface area contributed by atoms with Crippen LogP contribution in [0.3, 0.4) is 0 Å². The molecule has 0 saturated carbocycles. The molecule has 1 N–H and O–H groups in total. The molecular formula is C34H36ClN3O7S. The molecule has 3 aromatic carbocycles. The maximum absolute atomic E-state index is 13.7. The van der Waals surface area contributed by atoms with Crippen molar-refractivity contribution in [3.63, 3.8) is 0 Å². The first-order valence-corrected chi connectivity index (χ1v) is 15.8. The quantitative estimate of drug-likeness (QED) is 0.147. The second-order valence-electron chi connectivity index (χ2n) is 11.1. The van der Waals surface area contributed by atoms with E-state index in [2.05, 4.69) is 22.3 Å². The number of hydrogen-bond acceptors (Lipinski definition) is 9. The van der Waals surface area contributed by atoms with Gasteiger partial charge in [-0.1, -0.05) is 48.1 Å². The fourth-order valence-electron chi connectivity index (χ4n) is 5.77. The fourth-order valence-corrected chi connectivity index (χ4v) is 6.20. The number of amides is 1. The van der Waals surface area contributed by atoms with Gasteiger partial charge in [-0.25, -0.2) is 0 Å². The first-order valence-electron chi connectivity index (χ1n) is 15.0. The maximum atomic E-state index is 13.7. The minimum absolute atomic E-state index is 0.0212. The van der Waals surface area contributed by atoms with Crippen molar-refractivity contribution in [1.29, 1.82) is 0 Å². The van der Waals surface area contributed by atoms with Crippen LogP contribution in [0.1, 0.15) is 33.2 Å². The van der Waals surface area contributed by atoms with E-state index in [4.69, 9.17) is 52.2 Å². The normalized spacial score (nSPS) is 16.2. The van der Waals surface area contributed by atoms with Crippen LogP contribution in [-0.2, 0) is 33.8 Å². The molecule has 6 rings (SSSR count). The lowest BCUT2D eigenvalue weighted by Crippen LogP contribution is -2.35. The number of pyridine rings is 1. The number of benzene rings is 3. The van der Waals surface area contributed by atoms with Gasteiger partial charge >= 0.3 is 0 Å². The molecule has 4 aromatic rings. The molecule has 0 aliphatic carbocycles. The molecule has 0 radical (unpaired) electrons. The van der Waals surface area contributed by atoms with Crippen LogP contribution < -0.4 is 19.5 Å². The highest BCUT2D eigenvalue weighted by Gasteiger charge is 2.29. The number of ether oxygens (including phenoxy) is 6. The number of nitrogens with one attached hydrogen (secondary N) is 1. The zero-order valence-electron chi connectivity index (χ0n) is 25.8. The minimum Gasteiger partial charge on any atom is -0.481 e. The number of hydrogen-bond donors (Lipinski definition) is 1. The molecule has 0 spiro atoms. The Kier molecular flexibility index (Phi) is 10.4. The fraction of sp³-hybridized carbons (Fsp3) is 0.353. The summed E-state index contributed by atoms with van der Waals surface area (Å²) in [5.41, 5.74) is 3.99. The van der Waals surface area contributed by atoms with Gasteiger partial charge in [0.25, 0.3) is 5.91 Å². The van der Waals surface area contributed by atoms with Crippen molar-refractivity contribution in [3.05, 3.63) is 92.6 Å². The second-order valence-corrected chi connectivity index (χ2v) is 11.9. The summed E-state index contributed by atoms with van der Waals surface area (Å²) in [7, 11) is 3.12. The molecule has 1 atom stereocenters. The number of methoxy groups -OCH3 is 2. The molecule has 1 amide bonds. The van der Waals surface area contributed by atoms with Gasteiger partial charge < -0.3 is 38.3 Å². The minimum atomic E-state index is -0.474. The molecular weight excluding hydrogens is 630 g/mol. The molecule has 10 nitrogen and oxygen atoms in total. The molecule has 3 heterocycles. The Morgan fingerprint density at radius 2 is 1.78 bits per heavy atom. The molecule has 1 saturated heterocycles. The van der Waals surface area contributed by atoms with E-state index < -0.39 is 6.10 Å². The third-order valence-corrected chi connectivity index (χ3v) is 8.65. The Labute approximate surface area is 277 Å². The van der Waals surface area contributed by atoms with Crippen molar-refractivity contribution in [1.82, 2.24) is 14.8 Å². The molecule has 12 heteroatoms. The van der Waals surface area contributed by atoms with Crippen LogP contribution in [-0.4, -0.2) is 69.5 Å². The summed E-state index contributed by atoms with van der Waals surface area (Å²) < 4.78 is 37.0. The topological polar surface area (TPSA) is 92.7 Å². The van der Waals surface area contributed by atoms with Crippen molar-refractivity contribution in [2.24, 2.45) is 0 Å². The van der Waals surface area contributed by atoms with Crippen LogP contribution in [0.2, 0.25) is 5.02 Å². The first kappa shape index (κ1) is 32.2. The highest BCUT2D eigenvalue weighted by atomic mass is 35.5. The van der Waals surface area contributed by atoms with Crippen LogP contribution in [0.5, 0.6) is 17.2 Å². The summed E-state index contributed by atoms with van der Waals surface area (Å²) in [6.07, 6.45) is 1.35. The summed E-state index contributed by atoms with van der Waals surface area (Å²) in [6, 6.07) is 17.2. The summed E-state index contributed by atoms with van der Waals surface area (Å²) >= 11 is 12.0. The van der Waals surface area contributed by atoms with Crippen molar-refractivity contribution in [2.45, 2.75) is 25.7 Å². The van der Waals surface area contributed by atoms with Crippen LogP contribution >= 0.6 is 23.8 Å². The Bertz CT molecular complexity index is 1760. The van der Waals surface area contributed by atoms with Crippen LogP contribution in [0.25, 0.3) is 10.9 Å². The molecule has 0 bridgehead atoms. The summed E-state index contributed by atoms with van der Waals surface area (Å²) in [5, 5.41) is 4.46. The molecule has 2 aliphatic heterocycles. The number of aromatic nitrogens is 1. The van der Waals surface area contributed by atoms with Gasteiger partial charge in [-0.2, -0.15) is 0 Å². The average Bonchev–Trinajstić information content (AvgIpc) is 3.07. The lowest BCUT2D eigenvalue weighted by Gasteiger charge is -2.32. The van der Waals surface area contributed by atoms with E-state index in [1.807, 2.05) is 41.1 Å². The van der Waals surface area contributed by atoms with E-state index in [1.165, 1.54) is 0 Å². The Morgan fingerprint density at radius 1 is 1.02 bits per heavy atom. The van der Waals surface area contributed by atoms with Crippen LogP contribution in [0.15, 0.2) is 60.8 Å². The van der Waals surface area contributed by atoms with E-state index >= 15 is 0 Å². The molecule has 46 heavy (non-hydrogen) atoms. The van der Waals surface area contributed by atoms with Crippen molar-refractivity contribution < 1.29 is 33.2 Å².